The second kappa shape index (κ2) is 9.19. The molecule has 0 radical (unpaired) electrons. The summed E-state index contributed by atoms with van der Waals surface area (Å²) < 4.78 is 20.9. The first-order valence-electron chi connectivity index (χ1n) is 10.9. The smallest absolute Gasteiger partial charge is 0.262 e. The summed E-state index contributed by atoms with van der Waals surface area (Å²) in [5.41, 5.74) is 3.19. The molecule has 170 valence electrons. The number of aromatic nitrogens is 1. The lowest BCUT2D eigenvalue weighted by atomic mass is 10.1. The van der Waals surface area contributed by atoms with Crippen LogP contribution in [-0.2, 0) is 16.1 Å². The van der Waals surface area contributed by atoms with Gasteiger partial charge in [-0.3, -0.25) is 9.59 Å². The van der Waals surface area contributed by atoms with Gasteiger partial charge in [0.1, 0.15) is 11.6 Å². The third kappa shape index (κ3) is 4.68. The van der Waals surface area contributed by atoms with E-state index in [9.17, 15) is 14.0 Å². The Balaban J connectivity index is 1.48. The first kappa shape index (κ1) is 21.4. The number of fused-ring (bicyclic) bond motifs is 1. The first-order valence-corrected chi connectivity index (χ1v) is 11.8. The van der Waals surface area contributed by atoms with Crippen LogP contribution in [-0.4, -0.2) is 41.0 Å². The Morgan fingerprint density at radius 1 is 1.12 bits per heavy atom. The van der Waals surface area contributed by atoms with Gasteiger partial charge in [-0.25, -0.2) is 9.38 Å². The lowest BCUT2D eigenvalue weighted by molar-refractivity contribution is -0.127. The highest BCUT2D eigenvalue weighted by molar-refractivity contribution is 7.07. The average Bonchev–Trinajstić information content (AvgIpc) is 3.41. The number of nitrogens with zero attached hydrogens (tertiary/aromatic N) is 3. The maximum atomic E-state index is 13.3. The Bertz CT molecular complexity index is 1270. The minimum atomic E-state index is -0.303. The quantitative estimate of drug-likeness (QED) is 0.598. The average molecular weight is 467 g/mol. The van der Waals surface area contributed by atoms with Crippen molar-refractivity contribution in [3.8, 4) is 17.0 Å². The predicted octanol–water partition coefficient (Wildman–Crippen LogP) is 3.93. The number of halogens is 1. The SMILES string of the molecule is O=C1COc2ccc(-c3csc(=Nc4ccc(F)cc4)n3CCCN3CCCC3=O)cc2N1. The van der Waals surface area contributed by atoms with Crippen LogP contribution >= 0.6 is 11.3 Å². The van der Waals surface area contributed by atoms with Crippen LogP contribution in [0.2, 0.25) is 0 Å². The van der Waals surface area contributed by atoms with E-state index in [1.807, 2.05) is 28.5 Å². The maximum Gasteiger partial charge on any atom is 0.262 e. The summed E-state index contributed by atoms with van der Waals surface area (Å²) in [4.78, 5) is 31.2. The number of ether oxygens (including phenoxy) is 1. The molecule has 2 aliphatic rings. The van der Waals surface area contributed by atoms with Gasteiger partial charge in [-0.15, -0.1) is 11.3 Å². The number of thiazole rings is 1. The Hall–Kier alpha value is -3.46. The first-order chi connectivity index (χ1) is 16.1. The number of carbonyl (C=O) groups excluding carboxylic acids is 2. The third-order valence-electron chi connectivity index (χ3n) is 5.74. The van der Waals surface area contributed by atoms with E-state index in [-0.39, 0.29) is 24.2 Å². The second-order valence-corrected chi connectivity index (χ2v) is 8.87. The lowest BCUT2D eigenvalue weighted by Crippen LogP contribution is -2.27. The van der Waals surface area contributed by atoms with Crippen molar-refractivity contribution in [1.82, 2.24) is 9.47 Å². The molecule has 33 heavy (non-hydrogen) atoms. The Kier molecular flexibility index (Phi) is 5.95. The number of hydrogen-bond acceptors (Lipinski definition) is 5. The van der Waals surface area contributed by atoms with Crippen LogP contribution in [0.5, 0.6) is 5.75 Å². The van der Waals surface area contributed by atoms with Gasteiger partial charge in [-0.05, 0) is 55.3 Å². The van der Waals surface area contributed by atoms with Crippen LogP contribution in [0.3, 0.4) is 0 Å². The molecule has 0 bridgehead atoms. The fraction of sp³-hybridized carbons (Fsp3) is 0.292. The van der Waals surface area contributed by atoms with E-state index in [1.165, 1.54) is 23.5 Å². The summed E-state index contributed by atoms with van der Waals surface area (Å²) in [7, 11) is 0. The molecular formula is C24H23FN4O3S. The summed E-state index contributed by atoms with van der Waals surface area (Å²) in [5.74, 6) is 0.374. The fourth-order valence-electron chi connectivity index (χ4n) is 4.09. The van der Waals surface area contributed by atoms with Crippen molar-refractivity contribution >= 4 is 34.5 Å². The zero-order chi connectivity index (χ0) is 22.8. The van der Waals surface area contributed by atoms with Gasteiger partial charge in [0, 0.05) is 37.0 Å². The molecule has 0 aliphatic carbocycles. The van der Waals surface area contributed by atoms with Crippen LogP contribution in [0.1, 0.15) is 19.3 Å². The van der Waals surface area contributed by atoms with Gasteiger partial charge in [-0.2, -0.15) is 0 Å². The molecule has 2 amide bonds. The summed E-state index contributed by atoms with van der Waals surface area (Å²) in [5, 5.41) is 4.88. The molecule has 2 aliphatic heterocycles. The molecule has 9 heteroatoms. The molecule has 7 nitrogen and oxygen atoms in total. The molecule has 2 aromatic carbocycles. The molecule has 1 saturated heterocycles. The zero-order valence-electron chi connectivity index (χ0n) is 17.9. The van der Waals surface area contributed by atoms with Crippen molar-refractivity contribution in [2.45, 2.75) is 25.8 Å². The maximum absolute atomic E-state index is 13.3. The molecule has 0 unspecified atom stereocenters. The topological polar surface area (TPSA) is 75.9 Å². The highest BCUT2D eigenvalue weighted by Gasteiger charge is 2.20. The number of rotatable bonds is 6. The molecule has 5 rings (SSSR count). The van der Waals surface area contributed by atoms with Gasteiger partial charge in [0.15, 0.2) is 11.4 Å². The number of hydrogen-bond donors (Lipinski definition) is 1. The number of nitrogens with one attached hydrogen (secondary N) is 1. The van der Waals surface area contributed by atoms with E-state index in [0.717, 1.165) is 35.4 Å². The largest absolute Gasteiger partial charge is 0.482 e. The van der Waals surface area contributed by atoms with Crippen molar-refractivity contribution in [2.24, 2.45) is 4.99 Å². The summed E-state index contributed by atoms with van der Waals surface area (Å²) in [6.45, 7) is 2.20. The zero-order valence-corrected chi connectivity index (χ0v) is 18.7. The number of carbonyl (C=O) groups is 2. The third-order valence-corrected chi connectivity index (χ3v) is 6.60. The summed E-state index contributed by atoms with van der Waals surface area (Å²) >= 11 is 1.49. The van der Waals surface area contributed by atoms with Gasteiger partial charge in [-0.1, -0.05) is 0 Å². The Labute approximate surface area is 194 Å². The van der Waals surface area contributed by atoms with Crippen LogP contribution in [0.15, 0.2) is 52.8 Å². The van der Waals surface area contributed by atoms with E-state index >= 15 is 0 Å². The van der Waals surface area contributed by atoms with Gasteiger partial charge in [0.2, 0.25) is 5.91 Å². The van der Waals surface area contributed by atoms with Crippen LogP contribution < -0.4 is 14.9 Å². The summed E-state index contributed by atoms with van der Waals surface area (Å²) in [6, 6.07) is 11.8. The van der Waals surface area contributed by atoms with Gasteiger partial charge < -0.3 is 19.5 Å². The molecule has 0 atom stereocenters. The van der Waals surface area contributed by atoms with Crippen molar-refractivity contribution in [2.75, 3.05) is 25.0 Å². The summed E-state index contributed by atoms with van der Waals surface area (Å²) in [6.07, 6.45) is 2.34. The van der Waals surface area contributed by atoms with Crippen molar-refractivity contribution < 1.29 is 18.7 Å². The molecule has 1 N–H and O–H groups in total. The van der Waals surface area contributed by atoms with Crippen LogP contribution in [0, 0.1) is 5.82 Å². The number of anilines is 1. The van der Waals surface area contributed by atoms with E-state index in [0.29, 0.717) is 36.6 Å². The van der Waals surface area contributed by atoms with Crippen molar-refractivity contribution in [1.29, 1.82) is 0 Å². The molecular weight excluding hydrogens is 443 g/mol. The van der Waals surface area contributed by atoms with Gasteiger partial charge >= 0.3 is 0 Å². The van der Waals surface area contributed by atoms with E-state index in [4.69, 9.17) is 9.73 Å². The van der Waals surface area contributed by atoms with E-state index in [2.05, 4.69) is 9.88 Å². The second-order valence-electron chi connectivity index (χ2n) is 8.03. The van der Waals surface area contributed by atoms with Gasteiger partial charge in [0.25, 0.3) is 5.91 Å². The predicted molar refractivity (Wildman–Crippen MR) is 124 cm³/mol. The molecule has 1 aromatic heterocycles. The highest BCUT2D eigenvalue weighted by atomic mass is 32.1. The van der Waals surface area contributed by atoms with E-state index in [1.54, 1.807) is 12.1 Å². The van der Waals surface area contributed by atoms with Crippen molar-refractivity contribution in [3.05, 3.63) is 58.5 Å². The minimum absolute atomic E-state index is 0.0146. The van der Waals surface area contributed by atoms with Gasteiger partial charge in [0.05, 0.1) is 17.1 Å². The van der Waals surface area contributed by atoms with Crippen molar-refractivity contribution in [3.63, 3.8) is 0 Å². The standard InChI is InChI=1S/C24H23FN4O3S/c25-17-5-7-18(8-6-17)26-24-29(12-2-11-28-10-1-3-23(28)31)20(15-33-24)16-4-9-21-19(13-16)27-22(30)14-32-21/h4-9,13,15H,1-3,10-12,14H2,(H,27,30). The Morgan fingerprint density at radius 2 is 1.97 bits per heavy atom. The molecule has 3 aromatic rings. The number of benzene rings is 2. The van der Waals surface area contributed by atoms with Crippen LogP contribution in [0.25, 0.3) is 11.3 Å². The lowest BCUT2D eigenvalue weighted by Gasteiger charge is -2.19. The number of likely N-dealkylation sites (tertiary alicyclic amines) is 1. The molecule has 1 fully saturated rings. The highest BCUT2D eigenvalue weighted by Crippen LogP contribution is 2.33. The molecule has 0 saturated carbocycles. The normalized spacial score (nSPS) is 16.0. The Morgan fingerprint density at radius 3 is 2.76 bits per heavy atom. The number of amides is 2. The minimum Gasteiger partial charge on any atom is -0.482 e. The monoisotopic (exact) mass is 466 g/mol. The fourth-order valence-corrected chi connectivity index (χ4v) is 5.05. The van der Waals surface area contributed by atoms with E-state index < -0.39 is 0 Å². The van der Waals surface area contributed by atoms with Crippen LogP contribution in [0.4, 0.5) is 15.8 Å². The molecule has 3 heterocycles. The molecule has 0 spiro atoms.